The predicted octanol–water partition coefficient (Wildman–Crippen LogP) is 4.04. The Morgan fingerprint density at radius 1 is 1.12 bits per heavy atom. The lowest BCUT2D eigenvalue weighted by molar-refractivity contribution is 0.821. The second-order valence-electron chi connectivity index (χ2n) is 4.91. The molecule has 16 heavy (non-hydrogen) atoms. The van der Waals surface area contributed by atoms with E-state index in [0.29, 0.717) is 18.4 Å². The van der Waals surface area contributed by atoms with E-state index in [9.17, 15) is 0 Å². The maximum Gasteiger partial charge on any atom is 0.0178 e. The van der Waals surface area contributed by atoms with Gasteiger partial charge in [0.15, 0.2) is 0 Å². The fourth-order valence-electron chi connectivity index (χ4n) is 2.07. The Morgan fingerprint density at radius 3 is 1.81 bits per heavy atom. The largest absolute Gasteiger partial charge is 0.326 e. The minimum absolute atomic E-state index is 0.511. The van der Waals surface area contributed by atoms with Gasteiger partial charge < -0.3 is 5.73 Å². The van der Waals surface area contributed by atoms with E-state index in [1.807, 2.05) is 6.08 Å². The van der Waals surface area contributed by atoms with E-state index in [4.69, 9.17) is 5.73 Å². The molecule has 0 saturated carbocycles. The maximum atomic E-state index is 5.75. The van der Waals surface area contributed by atoms with Crippen molar-refractivity contribution in [2.75, 3.05) is 0 Å². The van der Waals surface area contributed by atoms with Crippen LogP contribution in [0.15, 0.2) is 18.7 Å². The first-order chi connectivity index (χ1) is 7.51. The molecule has 0 radical (unpaired) electrons. The van der Waals surface area contributed by atoms with E-state index in [1.54, 1.807) is 0 Å². The van der Waals surface area contributed by atoms with Crippen LogP contribution < -0.4 is 5.73 Å². The first-order valence-corrected chi connectivity index (χ1v) is 6.00. The summed E-state index contributed by atoms with van der Waals surface area (Å²) in [7, 11) is 0. The van der Waals surface area contributed by atoms with E-state index in [1.165, 1.54) is 22.3 Å². The molecule has 0 spiro atoms. The van der Waals surface area contributed by atoms with Crippen molar-refractivity contribution in [2.24, 2.45) is 5.73 Å². The molecule has 1 rings (SSSR count). The molecule has 0 bridgehead atoms. The van der Waals surface area contributed by atoms with Crippen LogP contribution in [-0.2, 0) is 6.54 Å². The van der Waals surface area contributed by atoms with Crippen LogP contribution in [0.3, 0.4) is 0 Å². The summed E-state index contributed by atoms with van der Waals surface area (Å²) in [4.78, 5) is 0. The molecule has 0 amide bonds. The third-order valence-corrected chi connectivity index (χ3v) is 2.99. The maximum absolute atomic E-state index is 5.75. The average Bonchev–Trinajstić information content (AvgIpc) is 2.26. The van der Waals surface area contributed by atoms with E-state index < -0.39 is 0 Å². The highest BCUT2D eigenvalue weighted by molar-refractivity contribution is 5.59. The van der Waals surface area contributed by atoms with E-state index >= 15 is 0 Å². The van der Waals surface area contributed by atoms with Crippen LogP contribution in [0.4, 0.5) is 0 Å². The minimum atomic E-state index is 0.511. The molecule has 0 unspecified atom stereocenters. The molecule has 0 atom stereocenters. The summed E-state index contributed by atoms with van der Waals surface area (Å²) in [5, 5.41) is 0. The Hall–Kier alpha value is -1.08. The van der Waals surface area contributed by atoms with Crippen LogP contribution in [-0.4, -0.2) is 0 Å². The van der Waals surface area contributed by atoms with Gasteiger partial charge in [-0.05, 0) is 34.1 Å². The van der Waals surface area contributed by atoms with Crippen molar-refractivity contribution >= 4 is 6.08 Å². The van der Waals surface area contributed by atoms with Crippen molar-refractivity contribution in [3.63, 3.8) is 0 Å². The molecule has 1 heteroatoms. The minimum Gasteiger partial charge on any atom is -0.326 e. The second-order valence-corrected chi connectivity index (χ2v) is 4.91. The van der Waals surface area contributed by atoms with Crippen LogP contribution in [0.1, 0.15) is 61.8 Å². The highest BCUT2D eigenvalue weighted by Crippen LogP contribution is 2.30. The van der Waals surface area contributed by atoms with Crippen molar-refractivity contribution in [2.45, 2.75) is 46.1 Å². The lowest BCUT2D eigenvalue weighted by atomic mass is 9.87. The average molecular weight is 217 g/mol. The monoisotopic (exact) mass is 217 g/mol. The molecule has 1 nitrogen and oxygen atoms in total. The van der Waals surface area contributed by atoms with E-state index in [2.05, 4.69) is 46.4 Å². The number of hydrogen-bond donors (Lipinski definition) is 1. The standard InChI is InChI=1S/C15H23N/c1-6-13-14(10(2)3)7-12(9-16)8-15(13)11(4)5/h6-8,10-11H,1,9,16H2,2-5H3. The normalized spacial score (nSPS) is 11.2. The zero-order valence-electron chi connectivity index (χ0n) is 10.9. The van der Waals surface area contributed by atoms with Gasteiger partial charge in [-0.25, -0.2) is 0 Å². The summed E-state index contributed by atoms with van der Waals surface area (Å²) >= 11 is 0. The Morgan fingerprint density at radius 2 is 1.56 bits per heavy atom. The molecule has 1 aromatic rings. The molecule has 0 saturated heterocycles. The van der Waals surface area contributed by atoms with Gasteiger partial charge in [0.25, 0.3) is 0 Å². The molecular weight excluding hydrogens is 194 g/mol. The molecule has 0 heterocycles. The summed E-state index contributed by atoms with van der Waals surface area (Å²) in [5.41, 5.74) is 11.0. The second kappa shape index (κ2) is 5.31. The van der Waals surface area contributed by atoms with Crippen molar-refractivity contribution in [3.8, 4) is 0 Å². The quantitative estimate of drug-likeness (QED) is 0.809. The van der Waals surface area contributed by atoms with Crippen molar-refractivity contribution in [1.29, 1.82) is 0 Å². The van der Waals surface area contributed by atoms with Crippen molar-refractivity contribution < 1.29 is 0 Å². The molecule has 0 aliphatic rings. The summed E-state index contributed by atoms with van der Waals surface area (Å²) in [6.07, 6.45) is 1.98. The fraction of sp³-hybridized carbons (Fsp3) is 0.467. The third-order valence-electron chi connectivity index (χ3n) is 2.99. The van der Waals surface area contributed by atoms with Crippen LogP contribution in [0.25, 0.3) is 6.08 Å². The van der Waals surface area contributed by atoms with E-state index in [0.717, 1.165) is 0 Å². The van der Waals surface area contributed by atoms with Gasteiger partial charge in [0, 0.05) is 6.54 Å². The molecule has 0 aliphatic carbocycles. The molecular formula is C15H23N. The SMILES string of the molecule is C=Cc1c(C(C)C)cc(CN)cc1C(C)C. The van der Waals surface area contributed by atoms with Crippen molar-refractivity contribution in [1.82, 2.24) is 0 Å². The van der Waals surface area contributed by atoms with Crippen LogP contribution in [0.2, 0.25) is 0 Å². The Labute approximate surface area is 99.4 Å². The van der Waals surface area contributed by atoms with Gasteiger partial charge in [-0.15, -0.1) is 0 Å². The predicted molar refractivity (Wildman–Crippen MR) is 72.6 cm³/mol. The summed E-state index contributed by atoms with van der Waals surface area (Å²) < 4.78 is 0. The molecule has 0 aromatic heterocycles. The van der Waals surface area contributed by atoms with E-state index in [-0.39, 0.29) is 0 Å². The van der Waals surface area contributed by atoms with Crippen molar-refractivity contribution in [3.05, 3.63) is 41.0 Å². The zero-order chi connectivity index (χ0) is 12.3. The smallest absolute Gasteiger partial charge is 0.0178 e. The van der Waals surface area contributed by atoms with Crippen LogP contribution in [0, 0.1) is 0 Å². The van der Waals surface area contributed by atoms with Gasteiger partial charge in [-0.1, -0.05) is 52.5 Å². The van der Waals surface area contributed by atoms with Gasteiger partial charge in [-0.3, -0.25) is 0 Å². The first kappa shape index (κ1) is 13.0. The lowest BCUT2D eigenvalue weighted by Gasteiger charge is -2.19. The molecule has 1 aromatic carbocycles. The Bertz CT molecular complexity index is 346. The third kappa shape index (κ3) is 2.53. The summed E-state index contributed by atoms with van der Waals surface area (Å²) in [6.45, 7) is 13.4. The Balaban J connectivity index is 3.46. The topological polar surface area (TPSA) is 26.0 Å². The highest BCUT2D eigenvalue weighted by atomic mass is 14.5. The number of benzene rings is 1. The molecule has 88 valence electrons. The highest BCUT2D eigenvalue weighted by Gasteiger charge is 2.12. The molecule has 0 aliphatic heterocycles. The van der Waals surface area contributed by atoms with Gasteiger partial charge in [0.2, 0.25) is 0 Å². The lowest BCUT2D eigenvalue weighted by Crippen LogP contribution is -2.05. The van der Waals surface area contributed by atoms with Crippen LogP contribution in [0.5, 0.6) is 0 Å². The van der Waals surface area contributed by atoms with Crippen LogP contribution >= 0.6 is 0 Å². The number of nitrogens with two attached hydrogens (primary N) is 1. The van der Waals surface area contributed by atoms with Gasteiger partial charge in [-0.2, -0.15) is 0 Å². The Kier molecular flexibility index (Phi) is 4.31. The molecule has 0 fully saturated rings. The van der Waals surface area contributed by atoms with Gasteiger partial charge in [0.1, 0.15) is 0 Å². The first-order valence-electron chi connectivity index (χ1n) is 6.00. The summed E-state index contributed by atoms with van der Waals surface area (Å²) in [6, 6.07) is 4.43. The number of rotatable bonds is 4. The molecule has 2 N–H and O–H groups in total. The fourth-order valence-corrected chi connectivity index (χ4v) is 2.07. The zero-order valence-corrected chi connectivity index (χ0v) is 10.9. The summed E-state index contributed by atoms with van der Waals surface area (Å²) in [5.74, 6) is 1.02. The van der Waals surface area contributed by atoms with Gasteiger partial charge >= 0.3 is 0 Å². The van der Waals surface area contributed by atoms with Gasteiger partial charge in [0.05, 0.1) is 0 Å². The number of hydrogen-bond acceptors (Lipinski definition) is 1.